The summed E-state index contributed by atoms with van der Waals surface area (Å²) >= 11 is 2.04. The van der Waals surface area contributed by atoms with Gasteiger partial charge in [0.05, 0.1) is 36.6 Å². The molecule has 0 aromatic heterocycles. The molecule has 13 heteroatoms. The van der Waals surface area contributed by atoms with Crippen LogP contribution < -0.4 is 0 Å². The molecule has 4 unspecified atom stereocenters. The van der Waals surface area contributed by atoms with Crippen molar-refractivity contribution in [1.29, 1.82) is 0 Å². The van der Waals surface area contributed by atoms with Gasteiger partial charge in [-0.2, -0.15) is 0 Å². The van der Waals surface area contributed by atoms with Crippen molar-refractivity contribution in [2.45, 2.75) is 94.0 Å². The number of nitrogens with zero attached hydrogens (tertiary/aromatic N) is 3. The van der Waals surface area contributed by atoms with E-state index in [0.717, 1.165) is 30.5 Å². The molecule has 5 aliphatic carbocycles. The van der Waals surface area contributed by atoms with Gasteiger partial charge < -0.3 is 17.8 Å². The summed E-state index contributed by atoms with van der Waals surface area (Å²) in [4.78, 5) is 44.8. The van der Waals surface area contributed by atoms with Crippen molar-refractivity contribution in [2.75, 3.05) is 12.5 Å². The molecular weight excluding hydrogens is 558 g/mol. The lowest BCUT2D eigenvalue weighted by Crippen LogP contribution is -2.17. The average Bonchev–Trinajstić information content (AvgIpc) is 3.43. The Bertz CT molecular complexity index is 1080. The highest BCUT2D eigenvalue weighted by molar-refractivity contribution is 7.94. The van der Waals surface area contributed by atoms with Gasteiger partial charge in [-0.1, -0.05) is 35.5 Å². The van der Waals surface area contributed by atoms with E-state index in [9.17, 15) is 19.2 Å². The molecule has 2 heterocycles. The summed E-state index contributed by atoms with van der Waals surface area (Å²) < 4.78 is 33.8. The highest BCUT2D eigenvalue weighted by atomic mass is 32.2. The lowest BCUT2D eigenvalue weighted by molar-refractivity contribution is -0.119. The fraction of sp³-hybridized carbons (Fsp3) is 0.630. The van der Waals surface area contributed by atoms with E-state index in [1.54, 1.807) is 6.08 Å². The molecule has 2 saturated heterocycles. The Kier molecular flexibility index (Phi) is 12.3. The minimum atomic E-state index is -0.392. The van der Waals surface area contributed by atoms with Gasteiger partial charge in [0.15, 0.2) is 5.78 Å². The van der Waals surface area contributed by atoms with Crippen molar-refractivity contribution in [3.05, 3.63) is 46.9 Å². The second-order valence-corrected chi connectivity index (χ2v) is 10.5. The summed E-state index contributed by atoms with van der Waals surface area (Å²) in [5.41, 5.74) is 8.20. The number of carbonyl (C=O) groups excluding carboxylic acids is 4. The summed E-state index contributed by atoms with van der Waals surface area (Å²) in [5.74, 6) is 0.875. The predicted molar refractivity (Wildman–Crippen MR) is 151 cm³/mol. The topological polar surface area (TPSA) is 161 Å². The molecule has 7 aliphatic rings. The van der Waals surface area contributed by atoms with E-state index in [4.69, 9.17) is 26.1 Å². The predicted octanol–water partition coefficient (Wildman–Crippen LogP) is 4.61. The number of fused-ring (bicyclic) bond motifs is 2. The van der Waals surface area contributed by atoms with E-state index < -0.39 is 6.04 Å². The highest BCUT2D eigenvalue weighted by Gasteiger charge is 2.47. The Morgan fingerprint density at radius 3 is 2.00 bits per heavy atom. The van der Waals surface area contributed by atoms with Crippen LogP contribution in [0.2, 0.25) is 0 Å². The Morgan fingerprint density at radius 2 is 1.57 bits per heavy atom. The van der Waals surface area contributed by atoms with Gasteiger partial charge >= 0.3 is 0 Å². The first-order valence-corrected chi connectivity index (χ1v) is 14.7. The Hall–Kier alpha value is -2.25. The van der Waals surface area contributed by atoms with Crippen molar-refractivity contribution in [2.24, 2.45) is 5.11 Å². The van der Waals surface area contributed by atoms with Gasteiger partial charge in [0, 0.05) is 65.1 Å². The van der Waals surface area contributed by atoms with E-state index in [0.29, 0.717) is 68.1 Å². The summed E-state index contributed by atoms with van der Waals surface area (Å²) in [5, 5.41) is 3.47. The van der Waals surface area contributed by atoms with Gasteiger partial charge in [0.25, 0.3) is 0 Å². The van der Waals surface area contributed by atoms with Crippen LogP contribution in [0.5, 0.6) is 0 Å². The van der Waals surface area contributed by atoms with Crippen molar-refractivity contribution < 1.29 is 39.8 Å². The third kappa shape index (κ3) is 11.7. The molecular formula is C27H35N3O8S2. The maximum Gasteiger partial charge on any atom is 0.158 e. The Balaban J connectivity index is 0.000000149. The Labute approximate surface area is 245 Å². The minimum Gasteiger partial charge on any atom is -0.369 e. The number of allylic oxidation sites excluding steroid dienone is 3. The van der Waals surface area contributed by atoms with Crippen LogP contribution in [0, 0.1) is 0 Å². The molecule has 0 aromatic carbocycles. The van der Waals surface area contributed by atoms with Gasteiger partial charge in [0.2, 0.25) is 0 Å². The first kappa shape index (κ1) is 29.2. The standard InChI is InChI=1S/C6H9N3O2S.C6H8O2S.C5H6O2.2C5H6O/c1-12-11-6-3-4(10)2-5(6)8-9-7;1-9-8-6-3-2-5(7)4-6;6-3-1-4-5(2-3)7-4;1-2-4-5(3-1)6-4;6-5-3-1-2-4-5/h5-6H,2-3H2,1H3;2-3,6H,4H2,1H3;4-5H,1-2H2;1-2,4-5H,3H2;1-2H,3-4H2/t5-,6-;6-;;;/m10.../s1/i2*1T;;;. The molecule has 40 heavy (non-hydrogen) atoms. The number of rotatable bonds is 5. The van der Waals surface area contributed by atoms with Crippen molar-refractivity contribution in [1.82, 2.24) is 0 Å². The molecule has 0 amide bonds. The maximum absolute atomic E-state index is 11.0. The van der Waals surface area contributed by atoms with Crippen molar-refractivity contribution in [3.8, 4) is 0 Å². The molecule has 0 radical (unpaired) electrons. The quantitative estimate of drug-likeness (QED) is 0.109. The van der Waals surface area contributed by atoms with E-state index in [1.165, 1.54) is 6.08 Å². The second-order valence-electron chi connectivity index (χ2n) is 9.64. The van der Waals surface area contributed by atoms with E-state index >= 15 is 0 Å². The maximum atomic E-state index is 11.0. The second kappa shape index (κ2) is 16.9. The fourth-order valence-corrected chi connectivity index (χ4v) is 5.00. The zero-order valence-electron chi connectivity index (χ0n) is 24.0. The number of hydrogen-bond acceptors (Lipinski definition) is 11. The third-order valence-electron chi connectivity index (χ3n) is 6.50. The van der Waals surface area contributed by atoms with Crippen molar-refractivity contribution in [3.63, 3.8) is 0 Å². The number of carbonyl (C=O) groups is 4. The number of Topliss-reactive ketones (excluding diaryl/α,β-unsaturated/α-hetero) is 3. The summed E-state index contributed by atoms with van der Waals surface area (Å²) in [6, 6.07) is -0.392. The smallest absolute Gasteiger partial charge is 0.158 e. The number of ether oxygens (including phenoxy) is 2. The van der Waals surface area contributed by atoms with Gasteiger partial charge in [0.1, 0.15) is 23.5 Å². The van der Waals surface area contributed by atoms with Gasteiger partial charge in [-0.05, 0) is 42.1 Å². The molecule has 2 aliphatic heterocycles. The van der Waals surface area contributed by atoms with Gasteiger partial charge in [-0.25, -0.2) is 0 Å². The minimum absolute atomic E-state index is 0.0491. The number of hydrogen-bond donors (Lipinski definition) is 0. The molecule has 0 spiro atoms. The number of epoxide rings is 2. The molecule has 0 aromatic rings. The molecule has 7 atom stereocenters. The summed E-state index contributed by atoms with van der Waals surface area (Å²) in [6.45, 7) is 0. The molecule has 7 rings (SSSR count). The van der Waals surface area contributed by atoms with Crippen molar-refractivity contribution >= 4 is 47.2 Å². The lowest BCUT2D eigenvalue weighted by atomic mass is 10.2. The highest BCUT2D eigenvalue weighted by Crippen LogP contribution is 2.35. The first-order valence-electron chi connectivity index (χ1n) is 14.3. The van der Waals surface area contributed by atoms with Crippen LogP contribution in [0.1, 0.15) is 54.1 Å². The molecule has 4 fully saturated rings. The molecule has 2 saturated carbocycles. The van der Waals surface area contributed by atoms with Crippen LogP contribution in [0.15, 0.2) is 41.6 Å². The fourth-order valence-electron chi connectivity index (χ4n) is 4.32. The first-order chi connectivity index (χ1) is 20.3. The van der Waals surface area contributed by atoms with Crippen LogP contribution in [0.3, 0.4) is 0 Å². The zero-order chi connectivity index (χ0) is 30.3. The molecule has 218 valence electrons. The normalized spacial score (nSPS) is 33.5. The molecule has 0 bridgehead atoms. The van der Waals surface area contributed by atoms with Crippen LogP contribution in [0.25, 0.3) is 10.4 Å². The monoisotopic (exact) mass is 597 g/mol. The van der Waals surface area contributed by atoms with Crippen LogP contribution >= 0.6 is 24.1 Å². The lowest BCUT2D eigenvalue weighted by Gasteiger charge is -2.11. The Morgan fingerprint density at radius 1 is 0.875 bits per heavy atom. The summed E-state index contributed by atoms with van der Waals surface area (Å²) in [7, 11) is 0. The van der Waals surface area contributed by atoms with Crippen LogP contribution in [0.4, 0.5) is 0 Å². The van der Waals surface area contributed by atoms with Crippen LogP contribution in [-0.4, -0.2) is 78.3 Å². The molecule has 11 nitrogen and oxygen atoms in total. The third-order valence-corrected chi connectivity index (χ3v) is 7.26. The molecule has 0 N–H and O–H groups in total. The number of azide groups is 1. The van der Waals surface area contributed by atoms with E-state index in [2.05, 4.69) is 22.2 Å². The SMILES string of the molecule is C1=CC2OC2C1.O=C1CC2OC2C1.O=C1CC=CC1.[3H]CSO[C@@H]1CC(=O)C[C@H]1N=[N+]=[N-].[3H]CSO[C@H]1C=CC(=O)C1. The average molecular weight is 598 g/mol. The largest absolute Gasteiger partial charge is 0.369 e. The summed E-state index contributed by atoms with van der Waals surface area (Å²) in [6.07, 6.45) is 17.8. The van der Waals surface area contributed by atoms with E-state index in [-0.39, 0.29) is 49.1 Å². The van der Waals surface area contributed by atoms with Gasteiger partial charge in [-0.15, -0.1) is 0 Å². The van der Waals surface area contributed by atoms with E-state index in [1.807, 2.05) is 12.2 Å². The van der Waals surface area contributed by atoms with Crippen LogP contribution in [-0.2, 0) is 37.0 Å². The zero-order valence-corrected chi connectivity index (χ0v) is 23.6. The van der Waals surface area contributed by atoms with Gasteiger partial charge in [-0.3, -0.25) is 19.2 Å². The number of ketones is 4.